The van der Waals surface area contributed by atoms with E-state index in [9.17, 15) is 47.9 Å². The van der Waals surface area contributed by atoms with E-state index in [-0.39, 0.29) is 13.2 Å². The van der Waals surface area contributed by atoms with Crippen LogP contribution in [0.1, 0.15) is 94.9 Å². The van der Waals surface area contributed by atoms with Gasteiger partial charge in [-0.15, -0.1) is 0 Å². The Morgan fingerprint density at radius 2 is 1.11 bits per heavy atom. The van der Waals surface area contributed by atoms with Crippen LogP contribution in [0, 0.1) is 0 Å². The molecule has 0 unspecified atom stereocenters. The summed E-state index contributed by atoms with van der Waals surface area (Å²) in [5.41, 5.74) is -0.860. The minimum Gasteiger partial charge on any atom is -0.467 e. The lowest BCUT2D eigenvalue weighted by atomic mass is 9.95. The van der Waals surface area contributed by atoms with E-state index in [1.54, 1.807) is 20.8 Å². The van der Waals surface area contributed by atoms with Gasteiger partial charge in [-0.2, -0.15) is 0 Å². The van der Waals surface area contributed by atoms with Crippen molar-refractivity contribution in [3.8, 4) is 0 Å². The molecule has 0 aromatic rings. The van der Waals surface area contributed by atoms with Crippen molar-refractivity contribution in [3.05, 3.63) is 0 Å². The van der Waals surface area contributed by atoms with Gasteiger partial charge in [0.1, 0.15) is 43.1 Å². The summed E-state index contributed by atoms with van der Waals surface area (Å²) in [4.78, 5) is 124. The Morgan fingerprint density at radius 1 is 0.606 bits per heavy atom. The van der Waals surface area contributed by atoms with Crippen LogP contribution in [0.15, 0.2) is 0 Å². The predicted octanol–water partition coefficient (Wildman–Crippen LogP) is -0.0614. The SMILES string of the molecule is COC(=O)[C@H](CC(=O)NCCCCCO[C@H]1O[C@H](COC(C)=O)[C@@H](OC(C)=O)[C@H](OC(C)=O)[C@@H]1O[C@@H]1O[C@H](COC(C)=O)[C@@H](OC(C)=O)[C@H](OC(C)=O)[C@H]1NC(C)=O)NC(=O)OC(C)(C)C. The molecule has 0 aliphatic carbocycles. The highest BCUT2D eigenvalue weighted by Crippen LogP contribution is 2.35. The van der Waals surface area contributed by atoms with Crippen LogP contribution in [0.25, 0.3) is 0 Å². The van der Waals surface area contributed by atoms with Crippen LogP contribution in [0.5, 0.6) is 0 Å². The van der Waals surface area contributed by atoms with Gasteiger partial charge in [0.05, 0.1) is 13.5 Å². The summed E-state index contributed by atoms with van der Waals surface area (Å²) in [6.07, 6.45) is -14.1. The van der Waals surface area contributed by atoms with Gasteiger partial charge in [0.15, 0.2) is 43.1 Å². The minimum atomic E-state index is -1.74. The van der Waals surface area contributed by atoms with Crippen LogP contribution in [0.2, 0.25) is 0 Å². The molecule has 2 rings (SSSR count). The average molecular weight is 950 g/mol. The third-order valence-electron chi connectivity index (χ3n) is 9.00. The summed E-state index contributed by atoms with van der Waals surface area (Å²) >= 11 is 0. The highest BCUT2D eigenvalue weighted by Gasteiger charge is 2.57. The Hall–Kier alpha value is -5.66. The maximum Gasteiger partial charge on any atom is 0.408 e. The smallest absolute Gasteiger partial charge is 0.408 e. The lowest BCUT2D eigenvalue weighted by molar-refractivity contribution is -0.356. The van der Waals surface area contributed by atoms with Crippen molar-refractivity contribution in [3.63, 3.8) is 0 Å². The van der Waals surface area contributed by atoms with E-state index in [2.05, 4.69) is 16.0 Å². The quantitative estimate of drug-likeness (QED) is 0.0727. The lowest BCUT2D eigenvalue weighted by Crippen LogP contribution is -2.69. The van der Waals surface area contributed by atoms with Crippen molar-refractivity contribution in [2.75, 3.05) is 33.5 Å². The number of carbonyl (C=O) groups excluding carboxylic acids is 10. The third-order valence-corrected chi connectivity index (χ3v) is 9.00. The van der Waals surface area contributed by atoms with Crippen molar-refractivity contribution < 1.29 is 105 Å². The fourth-order valence-electron chi connectivity index (χ4n) is 6.59. The summed E-state index contributed by atoms with van der Waals surface area (Å²) in [6.45, 7) is 11.4. The molecule has 2 heterocycles. The number of alkyl carbamates (subject to hydrolysis) is 1. The van der Waals surface area contributed by atoms with E-state index >= 15 is 0 Å². The molecule has 0 bridgehead atoms. The molecular weight excluding hydrogens is 886 g/mol. The molecule has 2 fully saturated rings. The van der Waals surface area contributed by atoms with Crippen molar-refractivity contribution in [1.29, 1.82) is 0 Å². The fourth-order valence-corrected chi connectivity index (χ4v) is 6.59. The van der Waals surface area contributed by atoms with E-state index in [0.29, 0.717) is 19.3 Å². The van der Waals surface area contributed by atoms with Gasteiger partial charge in [-0.05, 0) is 40.0 Å². The second-order valence-corrected chi connectivity index (χ2v) is 16.0. The molecule has 11 atom stereocenters. The Bertz CT molecular complexity index is 1720. The Morgan fingerprint density at radius 3 is 1.59 bits per heavy atom. The van der Waals surface area contributed by atoms with Crippen molar-refractivity contribution in [1.82, 2.24) is 16.0 Å². The lowest BCUT2D eigenvalue weighted by Gasteiger charge is -2.49. The number of methoxy groups -OCH3 is 1. The number of hydrogen-bond acceptors (Lipinski definition) is 22. The monoisotopic (exact) mass is 949 g/mol. The molecule has 374 valence electrons. The molecule has 0 radical (unpaired) electrons. The average Bonchev–Trinajstić information content (AvgIpc) is 3.17. The van der Waals surface area contributed by atoms with Crippen molar-refractivity contribution in [2.45, 2.75) is 168 Å². The molecule has 0 spiro atoms. The van der Waals surface area contributed by atoms with Crippen molar-refractivity contribution in [2.24, 2.45) is 0 Å². The van der Waals surface area contributed by atoms with E-state index < -0.39 is 152 Å². The molecule has 2 aliphatic heterocycles. The molecule has 0 saturated carbocycles. The molecule has 2 aliphatic rings. The molecule has 3 amide bonds. The topological polar surface area (TPSA) is 318 Å². The second kappa shape index (κ2) is 27.1. The Labute approximate surface area is 381 Å². The van der Waals surface area contributed by atoms with Gasteiger partial charge in [0.2, 0.25) is 11.8 Å². The summed E-state index contributed by atoms with van der Waals surface area (Å²) in [6, 6.07) is -2.82. The molecular formula is C41H63N3O22. The first-order valence-corrected chi connectivity index (χ1v) is 21.0. The number of nitrogens with one attached hydrogen (secondary N) is 3. The molecule has 66 heavy (non-hydrogen) atoms. The molecule has 25 heteroatoms. The summed E-state index contributed by atoms with van der Waals surface area (Å²) in [5, 5.41) is 7.54. The normalized spacial score (nSPS) is 25.3. The largest absolute Gasteiger partial charge is 0.467 e. The highest BCUT2D eigenvalue weighted by molar-refractivity contribution is 5.88. The summed E-state index contributed by atoms with van der Waals surface area (Å²) in [7, 11) is 1.10. The second-order valence-electron chi connectivity index (χ2n) is 16.0. The molecule has 0 aromatic carbocycles. The minimum absolute atomic E-state index is 0.103. The van der Waals surface area contributed by atoms with Crippen LogP contribution in [-0.4, -0.2) is 166 Å². The number of esters is 7. The van der Waals surface area contributed by atoms with Crippen LogP contribution in [0.4, 0.5) is 4.79 Å². The van der Waals surface area contributed by atoms with Gasteiger partial charge in [0, 0.05) is 61.6 Å². The fraction of sp³-hybridized carbons (Fsp3) is 0.756. The van der Waals surface area contributed by atoms with Gasteiger partial charge in [0.25, 0.3) is 0 Å². The van der Waals surface area contributed by atoms with E-state index in [1.807, 2.05) is 0 Å². The van der Waals surface area contributed by atoms with Crippen LogP contribution >= 0.6 is 0 Å². The Balaban J connectivity index is 2.44. The first-order valence-electron chi connectivity index (χ1n) is 21.0. The number of carbonyl (C=O) groups is 10. The number of ether oxygens (including phenoxy) is 12. The standard InChI is InChI=1S/C41H63N3O22/c1-20(45)43-31-34(61-25(6)50)32(59-23(4)48)28(18-57-21(2)46)63-38(31)65-36-35(62-26(7)51)33(60-24(5)49)29(19-58-22(3)47)64-39(36)56-16-14-12-13-15-42-30(52)17-27(37(53)55-11)44-40(54)66-41(8,9)10/h27-29,31-36,38-39H,12-19H2,1-11H3,(H,42,52)(H,43,45)(H,44,54)/t27-,28+,29+,31+,32+,33+,34+,35-,36-,38-,39-/m0/s1. The van der Waals surface area contributed by atoms with Gasteiger partial charge < -0.3 is 72.8 Å². The number of amides is 3. The summed E-state index contributed by atoms with van der Waals surface area (Å²) in [5.74, 6) is -7.15. The predicted molar refractivity (Wildman–Crippen MR) is 218 cm³/mol. The molecule has 3 N–H and O–H groups in total. The highest BCUT2D eigenvalue weighted by atomic mass is 16.8. The zero-order valence-corrected chi connectivity index (χ0v) is 39.0. The van der Waals surface area contributed by atoms with E-state index in [4.69, 9.17) is 56.8 Å². The molecule has 25 nitrogen and oxygen atoms in total. The zero-order valence-electron chi connectivity index (χ0n) is 39.0. The number of unbranched alkanes of at least 4 members (excludes halogenated alkanes) is 2. The van der Waals surface area contributed by atoms with Crippen LogP contribution < -0.4 is 16.0 Å². The first-order chi connectivity index (χ1) is 30.8. The van der Waals surface area contributed by atoms with Crippen LogP contribution in [0.3, 0.4) is 0 Å². The van der Waals surface area contributed by atoms with E-state index in [1.165, 1.54) is 0 Å². The summed E-state index contributed by atoms with van der Waals surface area (Å²) < 4.78 is 67.4. The third kappa shape index (κ3) is 20.2. The van der Waals surface area contributed by atoms with Gasteiger partial charge in [-0.3, -0.25) is 38.4 Å². The van der Waals surface area contributed by atoms with Gasteiger partial charge in [-0.1, -0.05) is 0 Å². The maximum absolute atomic E-state index is 12.7. The van der Waals surface area contributed by atoms with Gasteiger partial charge in [-0.25, -0.2) is 9.59 Å². The van der Waals surface area contributed by atoms with E-state index in [0.717, 1.165) is 55.6 Å². The number of rotatable bonds is 22. The molecule has 0 aromatic heterocycles. The number of hydrogen-bond donors (Lipinski definition) is 3. The maximum atomic E-state index is 12.7. The van der Waals surface area contributed by atoms with Gasteiger partial charge >= 0.3 is 47.9 Å². The van der Waals surface area contributed by atoms with Crippen LogP contribution in [-0.2, 0) is 100.0 Å². The van der Waals surface area contributed by atoms with Crippen molar-refractivity contribution >= 4 is 59.7 Å². The first kappa shape index (κ1) is 56.5. The molecule has 2 saturated heterocycles. The Kier molecular flexibility index (Phi) is 23.2. The zero-order chi connectivity index (χ0) is 49.9.